The van der Waals surface area contributed by atoms with Gasteiger partial charge >= 0.3 is 0 Å². The zero-order valence-corrected chi connectivity index (χ0v) is 10.7. The summed E-state index contributed by atoms with van der Waals surface area (Å²) in [4.78, 5) is 0. The maximum absolute atomic E-state index is 6.26. The molecule has 1 fully saturated rings. The van der Waals surface area contributed by atoms with E-state index in [-0.39, 0.29) is 5.60 Å². The van der Waals surface area contributed by atoms with Gasteiger partial charge in [-0.2, -0.15) is 0 Å². The summed E-state index contributed by atoms with van der Waals surface area (Å²) >= 11 is 0. The van der Waals surface area contributed by atoms with E-state index in [0.717, 1.165) is 17.7 Å². The number of rotatable bonds is 4. The smallest absolute Gasteiger partial charge is 0.120 e. The van der Waals surface area contributed by atoms with Crippen molar-refractivity contribution in [1.82, 2.24) is 0 Å². The first kappa shape index (κ1) is 12.2. The highest BCUT2D eigenvalue weighted by Crippen LogP contribution is 2.35. The topological polar surface area (TPSA) is 9.23 Å². The summed E-state index contributed by atoms with van der Waals surface area (Å²) in [7, 11) is 0. The third kappa shape index (κ3) is 2.91. The van der Waals surface area contributed by atoms with Gasteiger partial charge in [-0.05, 0) is 49.8 Å². The van der Waals surface area contributed by atoms with Crippen molar-refractivity contribution < 1.29 is 4.74 Å². The Hall–Kier alpha value is -1.24. The summed E-state index contributed by atoms with van der Waals surface area (Å²) in [6.45, 7) is 6.00. The van der Waals surface area contributed by atoms with Gasteiger partial charge in [0.25, 0.3) is 0 Å². The molecule has 0 atom stereocenters. The molecule has 0 bridgehead atoms. The van der Waals surface area contributed by atoms with Crippen molar-refractivity contribution in [2.24, 2.45) is 0 Å². The van der Waals surface area contributed by atoms with Gasteiger partial charge < -0.3 is 4.74 Å². The Bertz CT molecular complexity index is 358. The van der Waals surface area contributed by atoms with Crippen molar-refractivity contribution in [2.75, 3.05) is 0 Å². The summed E-state index contributed by atoms with van der Waals surface area (Å²) in [6.07, 6.45) is 9.34. The molecular weight excluding hydrogens is 208 g/mol. The van der Waals surface area contributed by atoms with Gasteiger partial charge in [-0.1, -0.05) is 38.1 Å². The molecular formula is C16H22O. The number of ether oxygens (including phenoxy) is 1. The molecule has 0 heterocycles. The van der Waals surface area contributed by atoms with E-state index >= 15 is 0 Å². The Balaban J connectivity index is 2.08. The molecule has 0 aliphatic heterocycles. The second-order valence-corrected chi connectivity index (χ2v) is 4.97. The van der Waals surface area contributed by atoms with Gasteiger partial charge in [-0.25, -0.2) is 0 Å². The summed E-state index contributed by atoms with van der Waals surface area (Å²) in [5.74, 6) is 0.999. The van der Waals surface area contributed by atoms with Crippen LogP contribution in [0.15, 0.2) is 30.8 Å². The van der Waals surface area contributed by atoms with Gasteiger partial charge in [-0.3, -0.25) is 0 Å². The average Bonchev–Trinajstić information content (AvgIpc) is 2.41. The quantitative estimate of drug-likeness (QED) is 0.720. The van der Waals surface area contributed by atoms with Crippen LogP contribution in [0, 0.1) is 0 Å². The summed E-state index contributed by atoms with van der Waals surface area (Å²) < 4.78 is 6.26. The highest BCUT2D eigenvalue weighted by Gasteiger charge is 2.32. The standard InChI is InChI=1S/C16H22O/c1-3-14-8-10-15(11-9-14)17-16(4-2)12-6-5-7-13-16/h3,8-11H,1,4-7,12-13H2,2H3. The van der Waals surface area contributed by atoms with E-state index in [1.807, 2.05) is 6.08 Å². The largest absolute Gasteiger partial charge is 0.487 e. The molecule has 1 heteroatoms. The van der Waals surface area contributed by atoms with E-state index in [1.165, 1.54) is 32.1 Å². The van der Waals surface area contributed by atoms with E-state index < -0.39 is 0 Å². The van der Waals surface area contributed by atoms with Gasteiger partial charge in [0.1, 0.15) is 11.4 Å². The van der Waals surface area contributed by atoms with E-state index in [9.17, 15) is 0 Å². The molecule has 0 N–H and O–H groups in total. The summed E-state index contributed by atoms with van der Waals surface area (Å²) in [5, 5.41) is 0. The van der Waals surface area contributed by atoms with E-state index in [1.54, 1.807) is 0 Å². The second kappa shape index (κ2) is 5.39. The van der Waals surface area contributed by atoms with Crippen LogP contribution in [0.3, 0.4) is 0 Å². The molecule has 1 aliphatic rings. The molecule has 0 saturated heterocycles. The van der Waals surface area contributed by atoms with Crippen LogP contribution in [0.1, 0.15) is 51.0 Å². The first-order valence-corrected chi connectivity index (χ1v) is 6.69. The molecule has 92 valence electrons. The highest BCUT2D eigenvalue weighted by molar-refractivity contribution is 5.48. The predicted molar refractivity (Wildman–Crippen MR) is 73.3 cm³/mol. The zero-order valence-electron chi connectivity index (χ0n) is 10.7. The van der Waals surface area contributed by atoms with Gasteiger partial charge in [-0.15, -0.1) is 0 Å². The van der Waals surface area contributed by atoms with Crippen LogP contribution in [0.25, 0.3) is 6.08 Å². The molecule has 1 aromatic carbocycles. The second-order valence-electron chi connectivity index (χ2n) is 4.97. The normalized spacial score (nSPS) is 18.6. The van der Waals surface area contributed by atoms with Crippen molar-refractivity contribution in [3.05, 3.63) is 36.4 Å². The van der Waals surface area contributed by atoms with Crippen LogP contribution in [0.4, 0.5) is 0 Å². The van der Waals surface area contributed by atoms with Crippen molar-refractivity contribution in [3.8, 4) is 5.75 Å². The summed E-state index contributed by atoms with van der Waals surface area (Å²) in [5.41, 5.74) is 1.24. The maximum Gasteiger partial charge on any atom is 0.120 e. The maximum atomic E-state index is 6.26. The van der Waals surface area contributed by atoms with E-state index in [0.29, 0.717) is 0 Å². The fourth-order valence-corrected chi connectivity index (χ4v) is 2.65. The van der Waals surface area contributed by atoms with Gasteiger partial charge in [0.05, 0.1) is 0 Å². The average molecular weight is 230 g/mol. The van der Waals surface area contributed by atoms with Crippen molar-refractivity contribution in [1.29, 1.82) is 0 Å². The fraction of sp³-hybridized carbons (Fsp3) is 0.500. The fourth-order valence-electron chi connectivity index (χ4n) is 2.65. The minimum absolute atomic E-state index is 0.0912. The Labute approximate surface area is 104 Å². The van der Waals surface area contributed by atoms with Crippen molar-refractivity contribution >= 4 is 6.08 Å². The van der Waals surface area contributed by atoms with Crippen LogP contribution in [0.2, 0.25) is 0 Å². The number of hydrogen-bond acceptors (Lipinski definition) is 1. The molecule has 0 radical (unpaired) electrons. The van der Waals surface area contributed by atoms with Crippen molar-refractivity contribution in [2.45, 2.75) is 51.0 Å². The molecule has 0 aromatic heterocycles. The highest BCUT2D eigenvalue weighted by atomic mass is 16.5. The lowest BCUT2D eigenvalue weighted by molar-refractivity contribution is 0.0265. The van der Waals surface area contributed by atoms with Crippen molar-refractivity contribution in [3.63, 3.8) is 0 Å². The molecule has 1 saturated carbocycles. The van der Waals surface area contributed by atoms with E-state index in [2.05, 4.69) is 37.8 Å². The zero-order chi connectivity index (χ0) is 12.1. The van der Waals surface area contributed by atoms with Gasteiger partial charge in [0, 0.05) is 0 Å². The Morgan fingerprint density at radius 2 is 1.82 bits per heavy atom. The molecule has 17 heavy (non-hydrogen) atoms. The molecule has 0 spiro atoms. The molecule has 0 unspecified atom stereocenters. The Morgan fingerprint density at radius 1 is 1.18 bits per heavy atom. The molecule has 1 nitrogen and oxygen atoms in total. The monoisotopic (exact) mass is 230 g/mol. The first-order valence-electron chi connectivity index (χ1n) is 6.69. The molecule has 0 amide bonds. The van der Waals surface area contributed by atoms with Crippen LogP contribution >= 0.6 is 0 Å². The Kier molecular flexibility index (Phi) is 3.88. The lowest BCUT2D eigenvalue weighted by Crippen LogP contribution is -2.37. The minimum atomic E-state index is 0.0912. The minimum Gasteiger partial charge on any atom is -0.487 e. The SMILES string of the molecule is C=Cc1ccc(OC2(CC)CCCCC2)cc1. The predicted octanol–water partition coefficient (Wildman–Crippen LogP) is 4.82. The van der Waals surface area contributed by atoms with Gasteiger partial charge in [0.2, 0.25) is 0 Å². The van der Waals surface area contributed by atoms with Crippen LogP contribution < -0.4 is 4.74 Å². The first-order chi connectivity index (χ1) is 8.28. The Morgan fingerprint density at radius 3 is 2.35 bits per heavy atom. The van der Waals surface area contributed by atoms with Crippen LogP contribution in [-0.2, 0) is 0 Å². The third-order valence-corrected chi connectivity index (χ3v) is 3.86. The summed E-state index contributed by atoms with van der Waals surface area (Å²) in [6, 6.07) is 8.25. The molecule has 1 aliphatic carbocycles. The lowest BCUT2D eigenvalue weighted by atomic mass is 9.82. The van der Waals surface area contributed by atoms with Crippen LogP contribution in [-0.4, -0.2) is 5.60 Å². The molecule has 1 aromatic rings. The molecule has 2 rings (SSSR count). The lowest BCUT2D eigenvalue weighted by Gasteiger charge is -2.37. The van der Waals surface area contributed by atoms with E-state index in [4.69, 9.17) is 4.74 Å². The third-order valence-electron chi connectivity index (χ3n) is 3.86. The number of hydrogen-bond donors (Lipinski definition) is 0. The van der Waals surface area contributed by atoms with Gasteiger partial charge in [0.15, 0.2) is 0 Å². The van der Waals surface area contributed by atoms with Crippen LogP contribution in [0.5, 0.6) is 5.75 Å². The number of benzene rings is 1.